The van der Waals surface area contributed by atoms with Crippen molar-refractivity contribution in [3.05, 3.63) is 35.9 Å². The lowest BCUT2D eigenvalue weighted by Gasteiger charge is -2.22. The maximum atomic E-state index is 5.41. The number of benzene rings is 1. The van der Waals surface area contributed by atoms with E-state index in [0.717, 1.165) is 11.5 Å². The van der Waals surface area contributed by atoms with Crippen molar-refractivity contribution in [2.45, 2.75) is 51.1 Å². The fourth-order valence-electron chi connectivity index (χ4n) is 2.56. The van der Waals surface area contributed by atoms with Gasteiger partial charge in [0.05, 0.1) is 6.04 Å². The predicted molar refractivity (Wildman–Crippen MR) is 80.6 cm³/mol. The molecule has 1 saturated carbocycles. The first-order chi connectivity index (χ1) is 8.79. The van der Waals surface area contributed by atoms with E-state index < -0.39 is 0 Å². The van der Waals surface area contributed by atoms with Crippen LogP contribution in [0.5, 0.6) is 0 Å². The minimum Gasteiger partial charge on any atom is -0.360 e. The number of thiocarbonyl (C=S) groups is 1. The molecule has 98 valence electrons. The van der Waals surface area contributed by atoms with E-state index in [9.17, 15) is 0 Å². The Labute approximate surface area is 115 Å². The Balaban J connectivity index is 1.87. The molecular formula is C15H22N2S. The zero-order valence-corrected chi connectivity index (χ0v) is 11.8. The van der Waals surface area contributed by atoms with Crippen LogP contribution in [0.25, 0.3) is 0 Å². The molecule has 18 heavy (non-hydrogen) atoms. The van der Waals surface area contributed by atoms with Crippen LogP contribution in [0.4, 0.5) is 0 Å². The molecule has 2 rings (SSSR count). The van der Waals surface area contributed by atoms with Gasteiger partial charge in [0.1, 0.15) is 0 Å². The van der Waals surface area contributed by atoms with Gasteiger partial charge in [-0.1, -0.05) is 50.1 Å². The van der Waals surface area contributed by atoms with E-state index >= 15 is 0 Å². The lowest BCUT2D eigenvalue weighted by molar-refractivity contribution is 0.580. The molecule has 0 radical (unpaired) electrons. The van der Waals surface area contributed by atoms with E-state index in [2.05, 4.69) is 41.8 Å². The molecule has 0 saturated heterocycles. The topological polar surface area (TPSA) is 24.1 Å². The smallest absolute Gasteiger partial charge is 0.166 e. The van der Waals surface area contributed by atoms with Crippen molar-refractivity contribution in [1.29, 1.82) is 0 Å². The Morgan fingerprint density at radius 3 is 2.56 bits per heavy atom. The average Bonchev–Trinajstić information content (AvgIpc) is 2.90. The standard InChI is InChI=1S/C15H22N2S/c1-2-14(12-8-4-3-5-9-12)17-15(18)16-13-10-6-7-11-13/h3-5,8-9,13-14H,2,6-7,10-11H2,1H3,(H2,16,17,18). The number of rotatable bonds is 4. The lowest BCUT2D eigenvalue weighted by Crippen LogP contribution is -2.42. The van der Waals surface area contributed by atoms with E-state index in [0.29, 0.717) is 12.1 Å². The van der Waals surface area contributed by atoms with Crippen molar-refractivity contribution in [3.63, 3.8) is 0 Å². The molecule has 1 aliphatic carbocycles. The third-order valence-corrected chi connectivity index (χ3v) is 3.84. The summed E-state index contributed by atoms with van der Waals surface area (Å²) in [5, 5.41) is 7.67. The maximum absolute atomic E-state index is 5.41. The van der Waals surface area contributed by atoms with Gasteiger partial charge >= 0.3 is 0 Å². The zero-order valence-electron chi connectivity index (χ0n) is 11.0. The van der Waals surface area contributed by atoms with Crippen LogP contribution < -0.4 is 10.6 Å². The summed E-state index contributed by atoms with van der Waals surface area (Å²) < 4.78 is 0. The van der Waals surface area contributed by atoms with Gasteiger partial charge in [-0.15, -0.1) is 0 Å². The van der Waals surface area contributed by atoms with Crippen LogP contribution in [0, 0.1) is 0 Å². The third kappa shape index (κ3) is 3.70. The molecule has 0 amide bonds. The Morgan fingerprint density at radius 2 is 1.94 bits per heavy atom. The highest BCUT2D eigenvalue weighted by molar-refractivity contribution is 7.80. The van der Waals surface area contributed by atoms with Crippen molar-refractivity contribution < 1.29 is 0 Å². The van der Waals surface area contributed by atoms with Gasteiger partial charge < -0.3 is 10.6 Å². The molecule has 0 heterocycles. The van der Waals surface area contributed by atoms with E-state index in [1.807, 2.05) is 6.07 Å². The summed E-state index contributed by atoms with van der Waals surface area (Å²) in [6.45, 7) is 2.18. The normalized spacial score (nSPS) is 17.4. The minimum atomic E-state index is 0.313. The van der Waals surface area contributed by atoms with Crippen LogP contribution in [-0.2, 0) is 0 Å². The highest BCUT2D eigenvalue weighted by Gasteiger charge is 2.17. The lowest BCUT2D eigenvalue weighted by atomic mass is 10.1. The summed E-state index contributed by atoms with van der Waals surface area (Å²) in [6, 6.07) is 11.4. The fourth-order valence-corrected chi connectivity index (χ4v) is 2.87. The first kappa shape index (κ1) is 13.3. The van der Waals surface area contributed by atoms with Crippen molar-refractivity contribution in [3.8, 4) is 0 Å². The Morgan fingerprint density at radius 1 is 1.28 bits per heavy atom. The molecule has 0 bridgehead atoms. The largest absolute Gasteiger partial charge is 0.360 e. The molecule has 1 unspecified atom stereocenters. The number of nitrogens with one attached hydrogen (secondary N) is 2. The Hall–Kier alpha value is -1.09. The van der Waals surface area contributed by atoms with Gasteiger partial charge in [0.15, 0.2) is 5.11 Å². The molecule has 0 aliphatic heterocycles. The summed E-state index contributed by atoms with van der Waals surface area (Å²) in [5.74, 6) is 0. The quantitative estimate of drug-likeness (QED) is 0.812. The van der Waals surface area contributed by atoms with Crippen LogP contribution in [0.15, 0.2) is 30.3 Å². The zero-order chi connectivity index (χ0) is 12.8. The van der Waals surface area contributed by atoms with E-state index in [1.54, 1.807) is 0 Å². The summed E-state index contributed by atoms with van der Waals surface area (Å²) in [4.78, 5) is 0. The summed E-state index contributed by atoms with van der Waals surface area (Å²) in [5.41, 5.74) is 1.30. The summed E-state index contributed by atoms with van der Waals surface area (Å²) in [6.07, 6.45) is 6.21. The van der Waals surface area contributed by atoms with Gasteiger partial charge in [0.25, 0.3) is 0 Å². The highest BCUT2D eigenvalue weighted by Crippen LogP contribution is 2.19. The molecular weight excluding hydrogens is 240 g/mol. The van der Waals surface area contributed by atoms with Crippen LogP contribution in [0.3, 0.4) is 0 Å². The van der Waals surface area contributed by atoms with Crippen molar-refractivity contribution in [1.82, 2.24) is 10.6 Å². The molecule has 1 aliphatic rings. The van der Waals surface area contributed by atoms with Gasteiger partial charge in [-0.25, -0.2) is 0 Å². The first-order valence-electron chi connectivity index (χ1n) is 6.91. The molecule has 1 aromatic carbocycles. The molecule has 2 nitrogen and oxygen atoms in total. The molecule has 0 spiro atoms. The van der Waals surface area contributed by atoms with Crippen molar-refractivity contribution in [2.24, 2.45) is 0 Å². The second kappa shape index (κ2) is 6.74. The molecule has 1 atom stereocenters. The Kier molecular flexibility index (Phi) is 5.00. The highest BCUT2D eigenvalue weighted by atomic mass is 32.1. The van der Waals surface area contributed by atoms with Crippen molar-refractivity contribution in [2.75, 3.05) is 0 Å². The summed E-state index contributed by atoms with van der Waals surface area (Å²) in [7, 11) is 0. The third-order valence-electron chi connectivity index (χ3n) is 3.61. The molecule has 0 aromatic heterocycles. The molecule has 2 N–H and O–H groups in total. The van der Waals surface area contributed by atoms with E-state index in [-0.39, 0.29) is 0 Å². The van der Waals surface area contributed by atoms with E-state index in [4.69, 9.17) is 12.2 Å². The van der Waals surface area contributed by atoms with Crippen LogP contribution in [0.1, 0.15) is 50.6 Å². The molecule has 3 heteroatoms. The fraction of sp³-hybridized carbons (Fsp3) is 0.533. The molecule has 1 fully saturated rings. The Bertz CT molecular complexity index is 371. The van der Waals surface area contributed by atoms with E-state index in [1.165, 1.54) is 31.2 Å². The van der Waals surface area contributed by atoms with Crippen LogP contribution in [0.2, 0.25) is 0 Å². The second-order valence-electron chi connectivity index (χ2n) is 4.97. The van der Waals surface area contributed by atoms with Gasteiger partial charge in [-0.3, -0.25) is 0 Å². The number of hydrogen-bond acceptors (Lipinski definition) is 1. The van der Waals surface area contributed by atoms with Gasteiger partial charge in [-0.05, 0) is 37.0 Å². The average molecular weight is 262 g/mol. The second-order valence-corrected chi connectivity index (χ2v) is 5.38. The molecule has 1 aromatic rings. The maximum Gasteiger partial charge on any atom is 0.166 e. The van der Waals surface area contributed by atoms with Crippen molar-refractivity contribution >= 4 is 17.3 Å². The minimum absolute atomic E-state index is 0.313. The van der Waals surface area contributed by atoms with Gasteiger partial charge in [-0.2, -0.15) is 0 Å². The van der Waals surface area contributed by atoms with Crippen LogP contribution in [-0.4, -0.2) is 11.2 Å². The monoisotopic (exact) mass is 262 g/mol. The number of hydrogen-bond donors (Lipinski definition) is 2. The van der Waals surface area contributed by atoms with Crippen LogP contribution >= 0.6 is 12.2 Å². The van der Waals surface area contributed by atoms with Gasteiger partial charge in [0.2, 0.25) is 0 Å². The SMILES string of the molecule is CCC(NC(=S)NC1CCCC1)c1ccccc1. The first-order valence-corrected chi connectivity index (χ1v) is 7.32. The van der Waals surface area contributed by atoms with Gasteiger partial charge in [0, 0.05) is 6.04 Å². The predicted octanol–water partition coefficient (Wildman–Crippen LogP) is 3.54. The summed E-state index contributed by atoms with van der Waals surface area (Å²) >= 11 is 5.41.